The zero-order valence-electron chi connectivity index (χ0n) is 18.6. The lowest BCUT2D eigenvalue weighted by molar-refractivity contribution is 0.387. The molecule has 2 N–H and O–H groups in total. The molecule has 0 amide bonds. The monoisotopic (exact) mass is 422 g/mol. The Hall–Kier alpha value is -2.19. The highest BCUT2D eigenvalue weighted by Crippen LogP contribution is 2.42. The lowest BCUT2D eigenvalue weighted by Crippen LogP contribution is -2.12. The summed E-state index contributed by atoms with van der Waals surface area (Å²) in [6.45, 7) is 12.9. The highest BCUT2D eigenvalue weighted by Gasteiger charge is 2.25. The molecule has 0 saturated heterocycles. The minimum Gasteiger partial charge on any atom is -0.321 e. The Kier molecular flexibility index (Phi) is 5.86. The van der Waals surface area contributed by atoms with Crippen molar-refractivity contribution in [1.82, 2.24) is 0 Å². The topological polar surface area (TPSA) is 57.5 Å². The van der Waals surface area contributed by atoms with Crippen molar-refractivity contribution in [3.8, 4) is 22.3 Å². The van der Waals surface area contributed by atoms with E-state index >= 15 is 0 Å². The van der Waals surface area contributed by atoms with Gasteiger partial charge in [0.2, 0.25) is 0 Å². The molecule has 30 heavy (non-hydrogen) atoms. The minimum absolute atomic E-state index is 0.00686. The summed E-state index contributed by atoms with van der Waals surface area (Å²) >= 11 is 0. The molecule has 158 valence electrons. The lowest BCUT2D eigenvalue weighted by Gasteiger charge is -2.22. The summed E-state index contributed by atoms with van der Waals surface area (Å²) in [4.78, 5) is 20.1. The molecule has 0 spiro atoms. The third-order valence-corrected chi connectivity index (χ3v) is 6.46. The summed E-state index contributed by atoms with van der Waals surface area (Å²) in [6, 6.07) is 21.4. The number of hydrogen-bond acceptors (Lipinski definition) is 1. The maximum atomic E-state index is 12.3. The van der Waals surface area contributed by atoms with Crippen LogP contribution in [0.1, 0.15) is 52.7 Å². The SMILES string of the molecule is CC(C)(C)c1ccc(-c2cccc(P(=O)(O)O)c2-c2ccc(C(C)(C)C)cc2)cc1. The van der Waals surface area contributed by atoms with Gasteiger partial charge in [0.25, 0.3) is 0 Å². The molecule has 0 heterocycles. The predicted molar refractivity (Wildman–Crippen MR) is 126 cm³/mol. The summed E-state index contributed by atoms with van der Waals surface area (Å²) in [7, 11) is -4.45. The summed E-state index contributed by atoms with van der Waals surface area (Å²) in [5.74, 6) is 0. The maximum Gasteiger partial charge on any atom is 0.356 e. The van der Waals surface area contributed by atoms with Crippen LogP contribution in [0.4, 0.5) is 0 Å². The van der Waals surface area contributed by atoms with Crippen molar-refractivity contribution in [3.05, 3.63) is 77.9 Å². The van der Waals surface area contributed by atoms with Gasteiger partial charge >= 0.3 is 7.60 Å². The third-order valence-electron chi connectivity index (χ3n) is 5.46. The fourth-order valence-electron chi connectivity index (χ4n) is 3.61. The Morgan fingerprint density at radius 1 is 0.633 bits per heavy atom. The first-order valence-corrected chi connectivity index (χ1v) is 11.8. The first kappa shape index (κ1) is 22.5. The van der Waals surface area contributed by atoms with Crippen LogP contribution in [0.2, 0.25) is 0 Å². The van der Waals surface area contributed by atoms with E-state index in [1.54, 1.807) is 6.07 Å². The molecule has 0 aliphatic heterocycles. The van der Waals surface area contributed by atoms with E-state index in [0.29, 0.717) is 5.56 Å². The van der Waals surface area contributed by atoms with Crippen LogP contribution in [0, 0.1) is 0 Å². The van der Waals surface area contributed by atoms with Gasteiger partial charge in [-0.3, -0.25) is 4.57 Å². The third kappa shape index (κ3) is 4.75. The van der Waals surface area contributed by atoms with Gasteiger partial charge < -0.3 is 9.79 Å². The quantitative estimate of drug-likeness (QED) is 0.479. The average Bonchev–Trinajstić information content (AvgIpc) is 2.65. The molecule has 0 fully saturated rings. The molecular formula is C26H31O3P. The number of benzene rings is 3. The Morgan fingerprint density at radius 3 is 1.47 bits per heavy atom. The van der Waals surface area contributed by atoms with E-state index in [4.69, 9.17) is 0 Å². The molecule has 0 unspecified atom stereocenters. The van der Waals surface area contributed by atoms with E-state index in [2.05, 4.69) is 53.7 Å². The van der Waals surface area contributed by atoms with Crippen LogP contribution in [-0.2, 0) is 15.4 Å². The van der Waals surface area contributed by atoms with Gasteiger partial charge in [-0.25, -0.2) is 0 Å². The van der Waals surface area contributed by atoms with Crippen molar-refractivity contribution < 1.29 is 14.4 Å². The minimum atomic E-state index is -4.45. The molecule has 0 bridgehead atoms. The molecule has 3 rings (SSSR count). The summed E-state index contributed by atoms with van der Waals surface area (Å²) in [6.07, 6.45) is 0. The van der Waals surface area contributed by atoms with E-state index in [9.17, 15) is 14.4 Å². The molecule has 0 aromatic heterocycles. The Balaban J connectivity index is 2.22. The van der Waals surface area contributed by atoms with Crippen LogP contribution >= 0.6 is 7.60 Å². The van der Waals surface area contributed by atoms with Gasteiger partial charge in [0.15, 0.2) is 0 Å². The fraction of sp³-hybridized carbons (Fsp3) is 0.308. The van der Waals surface area contributed by atoms with Crippen LogP contribution in [0.15, 0.2) is 66.7 Å². The zero-order valence-corrected chi connectivity index (χ0v) is 19.5. The number of hydrogen-bond donors (Lipinski definition) is 2. The normalized spacial score (nSPS) is 12.8. The second-order valence-corrected chi connectivity index (χ2v) is 11.5. The van der Waals surface area contributed by atoms with E-state index in [1.807, 2.05) is 42.5 Å². The van der Waals surface area contributed by atoms with E-state index in [-0.39, 0.29) is 16.1 Å². The highest BCUT2D eigenvalue weighted by molar-refractivity contribution is 7.60. The van der Waals surface area contributed by atoms with Crippen LogP contribution < -0.4 is 5.30 Å². The van der Waals surface area contributed by atoms with Crippen LogP contribution in [0.3, 0.4) is 0 Å². The lowest BCUT2D eigenvalue weighted by atomic mass is 9.84. The largest absolute Gasteiger partial charge is 0.356 e. The van der Waals surface area contributed by atoms with Crippen molar-refractivity contribution in [2.75, 3.05) is 0 Å². The van der Waals surface area contributed by atoms with Crippen molar-refractivity contribution in [2.45, 2.75) is 52.4 Å². The summed E-state index contributed by atoms with van der Waals surface area (Å²) in [5.41, 5.74) is 5.59. The van der Waals surface area contributed by atoms with Crippen LogP contribution in [0.25, 0.3) is 22.3 Å². The van der Waals surface area contributed by atoms with E-state index in [1.165, 1.54) is 17.2 Å². The van der Waals surface area contributed by atoms with E-state index < -0.39 is 7.60 Å². The first-order valence-electron chi connectivity index (χ1n) is 10.2. The fourth-order valence-corrected chi connectivity index (χ4v) is 4.43. The van der Waals surface area contributed by atoms with E-state index in [0.717, 1.165) is 16.7 Å². The smallest absolute Gasteiger partial charge is 0.321 e. The van der Waals surface area contributed by atoms with Gasteiger partial charge in [-0.1, -0.05) is 102 Å². The average molecular weight is 423 g/mol. The summed E-state index contributed by atoms with van der Waals surface area (Å²) in [5, 5.41) is 0.0587. The van der Waals surface area contributed by atoms with Crippen molar-refractivity contribution >= 4 is 12.9 Å². The maximum absolute atomic E-state index is 12.3. The van der Waals surface area contributed by atoms with Crippen LogP contribution in [-0.4, -0.2) is 9.79 Å². The number of rotatable bonds is 3. The second-order valence-electron chi connectivity index (χ2n) is 9.90. The Bertz CT molecular complexity index is 1080. The summed E-state index contributed by atoms with van der Waals surface area (Å²) < 4.78 is 12.3. The second kappa shape index (κ2) is 7.81. The van der Waals surface area contributed by atoms with Gasteiger partial charge in [0.05, 0.1) is 5.30 Å². The molecule has 3 aromatic rings. The molecular weight excluding hydrogens is 391 g/mol. The van der Waals surface area contributed by atoms with Crippen molar-refractivity contribution in [2.24, 2.45) is 0 Å². The molecule has 0 saturated carbocycles. The van der Waals surface area contributed by atoms with Gasteiger partial charge in [0.1, 0.15) is 0 Å². The molecule has 0 aliphatic rings. The van der Waals surface area contributed by atoms with Gasteiger partial charge in [-0.05, 0) is 44.7 Å². The first-order chi connectivity index (χ1) is 13.8. The molecule has 0 aliphatic carbocycles. The van der Waals surface area contributed by atoms with Crippen molar-refractivity contribution in [3.63, 3.8) is 0 Å². The standard InChI is InChI=1S/C26H31O3P/c1-25(2,3)20-14-10-18(11-15-20)22-8-7-9-23(30(27,28)29)24(22)19-12-16-21(17-13-19)26(4,5)6/h7-17H,1-6H3,(H2,27,28,29). The molecule has 0 radical (unpaired) electrons. The van der Waals surface area contributed by atoms with Gasteiger partial charge in [-0.2, -0.15) is 0 Å². The Morgan fingerprint density at radius 2 is 1.07 bits per heavy atom. The molecule has 4 heteroatoms. The highest BCUT2D eigenvalue weighted by atomic mass is 31.2. The molecule has 3 nitrogen and oxygen atoms in total. The van der Waals surface area contributed by atoms with Crippen molar-refractivity contribution in [1.29, 1.82) is 0 Å². The van der Waals surface area contributed by atoms with Crippen LogP contribution in [0.5, 0.6) is 0 Å². The Labute approximate surface area is 180 Å². The van der Waals surface area contributed by atoms with Gasteiger partial charge in [0, 0.05) is 5.56 Å². The predicted octanol–water partition coefficient (Wildman–Crippen LogP) is 6.42. The van der Waals surface area contributed by atoms with Gasteiger partial charge in [-0.15, -0.1) is 0 Å². The zero-order chi connectivity index (χ0) is 22.3. The molecule has 3 aromatic carbocycles. The molecule has 0 atom stereocenters.